The Kier molecular flexibility index (Phi) is 6.37. The first-order chi connectivity index (χ1) is 13.6. The van der Waals surface area contributed by atoms with E-state index in [1.807, 2.05) is 38.1 Å². The Morgan fingerprint density at radius 3 is 2.14 bits per heavy atom. The zero-order chi connectivity index (χ0) is 19.9. The van der Waals surface area contributed by atoms with Gasteiger partial charge in [-0.25, -0.2) is 4.79 Å². The molecule has 0 unspecified atom stereocenters. The van der Waals surface area contributed by atoms with E-state index in [2.05, 4.69) is 10.6 Å². The SMILES string of the molecule is CCOc1ccc(NC(=O)N[C@@H]2CC(=O)N(c3ccc(OCC)cc3)C2)cc1. The average molecular weight is 383 g/mol. The largest absolute Gasteiger partial charge is 0.494 e. The molecule has 0 aliphatic carbocycles. The zero-order valence-electron chi connectivity index (χ0n) is 16.1. The van der Waals surface area contributed by atoms with Gasteiger partial charge in [-0.3, -0.25) is 4.79 Å². The molecule has 1 atom stereocenters. The van der Waals surface area contributed by atoms with Crippen molar-refractivity contribution >= 4 is 23.3 Å². The van der Waals surface area contributed by atoms with Crippen LogP contribution in [0, 0.1) is 0 Å². The Hall–Kier alpha value is -3.22. The summed E-state index contributed by atoms with van der Waals surface area (Å²) < 4.78 is 10.8. The third-order valence-corrected chi connectivity index (χ3v) is 4.34. The molecular weight excluding hydrogens is 358 g/mol. The van der Waals surface area contributed by atoms with Crippen molar-refractivity contribution in [1.29, 1.82) is 0 Å². The van der Waals surface area contributed by atoms with Crippen molar-refractivity contribution in [3.63, 3.8) is 0 Å². The molecule has 2 aromatic carbocycles. The van der Waals surface area contributed by atoms with Crippen LogP contribution < -0.4 is 25.0 Å². The summed E-state index contributed by atoms with van der Waals surface area (Å²) in [5.74, 6) is 1.50. The second-order valence-electron chi connectivity index (χ2n) is 6.39. The van der Waals surface area contributed by atoms with Gasteiger partial charge in [0.1, 0.15) is 11.5 Å². The lowest BCUT2D eigenvalue weighted by molar-refractivity contribution is -0.117. The Labute approximate surface area is 164 Å². The Morgan fingerprint density at radius 2 is 1.57 bits per heavy atom. The van der Waals surface area contributed by atoms with E-state index in [4.69, 9.17) is 9.47 Å². The summed E-state index contributed by atoms with van der Waals surface area (Å²) in [4.78, 5) is 26.3. The number of ether oxygens (including phenoxy) is 2. The molecule has 0 bridgehead atoms. The minimum atomic E-state index is -0.337. The van der Waals surface area contributed by atoms with E-state index in [0.29, 0.717) is 25.4 Å². The maximum Gasteiger partial charge on any atom is 0.319 e. The number of rotatable bonds is 7. The van der Waals surface area contributed by atoms with Gasteiger partial charge in [0.2, 0.25) is 5.91 Å². The quantitative estimate of drug-likeness (QED) is 0.768. The van der Waals surface area contributed by atoms with Gasteiger partial charge in [-0.15, -0.1) is 0 Å². The van der Waals surface area contributed by atoms with E-state index in [9.17, 15) is 9.59 Å². The van der Waals surface area contributed by atoms with Crippen LogP contribution in [0.2, 0.25) is 0 Å². The van der Waals surface area contributed by atoms with E-state index in [-0.39, 0.29) is 24.4 Å². The molecule has 7 nitrogen and oxygen atoms in total. The van der Waals surface area contributed by atoms with Crippen LogP contribution in [0.15, 0.2) is 48.5 Å². The van der Waals surface area contributed by atoms with Gasteiger partial charge in [-0.05, 0) is 62.4 Å². The third kappa shape index (κ3) is 4.94. The van der Waals surface area contributed by atoms with Gasteiger partial charge in [-0.1, -0.05) is 0 Å². The standard InChI is InChI=1S/C21H25N3O4/c1-3-27-18-9-5-15(6-10-18)22-21(26)23-16-13-20(25)24(14-16)17-7-11-19(12-8-17)28-4-2/h5-12,16H,3-4,13-14H2,1-2H3,(H2,22,23,26)/t16-/m1/s1. The number of hydrogen-bond donors (Lipinski definition) is 2. The second kappa shape index (κ2) is 9.12. The van der Waals surface area contributed by atoms with Gasteiger partial charge in [0.15, 0.2) is 0 Å². The number of anilines is 2. The molecule has 0 saturated carbocycles. The van der Waals surface area contributed by atoms with Crippen LogP contribution in [-0.4, -0.2) is 37.7 Å². The maximum absolute atomic E-state index is 12.3. The molecule has 0 aromatic heterocycles. The van der Waals surface area contributed by atoms with Gasteiger partial charge in [0.25, 0.3) is 0 Å². The van der Waals surface area contributed by atoms with Crippen LogP contribution in [0.4, 0.5) is 16.2 Å². The number of urea groups is 1. The number of hydrogen-bond acceptors (Lipinski definition) is 4. The number of carbonyl (C=O) groups is 2. The molecule has 1 saturated heterocycles. The summed E-state index contributed by atoms with van der Waals surface area (Å²) in [6, 6.07) is 13.9. The minimum Gasteiger partial charge on any atom is -0.494 e. The molecule has 1 heterocycles. The number of nitrogens with zero attached hydrogens (tertiary/aromatic N) is 1. The molecule has 7 heteroatoms. The van der Waals surface area contributed by atoms with Gasteiger partial charge >= 0.3 is 6.03 Å². The van der Waals surface area contributed by atoms with Crippen LogP contribution in [0.3, 0.4) is 0 Å². The second-order valence-corrected chi connectivity index (χ2v) is 6.39. The highest BCUT2D eigenvalue weighted by Gasteiger charge is 2.31. The molecule has 28 heavy (non-hydrogen) atoms. The first kappa shape index (κ1) is 19.5. The fourth-order valence-electron chi connectivity index (χ4n) is 3.10. The number of amides is 3. The van der Waals surface area contributed by atoms with Crippen LogP contribution in [0.25, 0.3) is 0 Å². The van der Waals surface area contributed by atoms with Crippen LogP contribution in [-0.2, 0) is 4.79 Å². The van der Waals surface area contributed by atoms with Crippen molar-refractivity contribution in [3.05, 3.63) is 48.5 Å². The summed E-state index contributed by atoms with van der Waals surface area (Å²) >= 11 is 0. The van der Waals surface area contributed by atoms with Gasteiger partial charge < -0.3 is 25.0 Å². The molecule has 0 spiro atoms. The van der Waals surface area contributed by atoms with Gasteiger partial charge in [0.05, 0.1) is 19.3 Å². The number of benzene rings is 2. The highest BCUT2D eigenvalue weighted by molar-refractivity contribution is 5.97. The van der Waals surface area contributed by atoms with Crippen molar-refractivity contribution in [3.8, 4) is 11.5 Å². The van der Waals surface area contributed by atoms with E-state index in [0.717, 1.165) is 17.2 Å². The summed E-state index contributed by atoms with van der Waals surface area (Å²) in [5.41, 5.74) is 1.46. The first-order valence-corrected chi connectivity index (χ1v) is 9.42. The normalized spacial score (nSPS) is 16.0. The van der Waals surface area contributed by atoms with Gasteiger partial charge in [0, 0.05) is 24.3 Å². The predicted octanol–water partition coefficient (Wildman–Crippen LogP) is 3.41. The molecule has 1 aliphatic heterocycles. The molecule has 1 fully saturated rings. The van der Waals surface area contributed by atoms with E-state index in [1.165, 1.54) is 0 Å². The lowest BCUT2D eigenvalue weighted by atomic mass is 10.2. The number of carbonyl (C=O) groups excluding carboxylic acids is 2. The lowest BCUT2D eigenvalue weighted by Crippen LogP contribution is -2.39. The highest BCUT2D eigenvalue weighted by Crippen LogP contribution is 2.24. The Bertz CT molecular complexity index is 805. The molecular formula is C21H25N3O4. The van der Waals surface area contributed by atoms with Crippen molar-refractivity contribution in [2.45, 2.75) is 26.3 Å². The van der Waals surface area contributed by atoms with Crippen molar-refractivity contribution in [2.75, 3.05) is 30.0 Å². The molecule has 3 rings (SSSR count). The fourth-order valence-corrected chi connectivity index (χ4v) is 3.10. The van der Waals surface area contributed by atoms with Crippen LogP contribution in [0.5, 0.6) is 11.5 Å². The fraction of sp³-hybridized carbons (Fsp3) is 0.333. The van der Waals surface area contributed by atoms with E-state index in [1.54, 1.807) is 29.2 Å². The lowest BCUT2D eigenvalue weighted by Gasteiger charge is -2.18. The van der Waals surface area contributed by atoms with Crippen molar-refractivity contribution < 1.29 is 19.1 Å². The summed E-state index contributed by atoms with van der Waals surface area (Å²) in [5, 5.41) is 5.64. The monoisotopic (exact) mass is 383 g/mol. The molecule has 148 valence electrons. The van der Waals surface area contributed by atoms with Crippen LogP contribution >= 0.6 is 0 Å². The predicted molar refractivity (Wildman–Crippen MR) is 108 cm³/mol. The molecule has 0 radical (unpaired) electrons. The third-order valence-electron chi connectivity index (χ3n) is 4.34. The topological polar surface area (TPSA) is 79.9 Å². The minimum absolute atomic E-state index is 0.0180. The number of nitrogens with one attached hydrogen (secondary N) is 2. The first-order valence-electron chi connectivity index (χ1n) is 9.42. The Morgan fingerprint density at radius 1 is 1.00 bits per heavy atom. The van der Waals surface area contributed by atoms with Crippen LogP contribution in [0.1, 0.15) is 20.3 Å². The van der Waals surface area contributed by atoms with Crippen molar-refractivity contribution in [2.24, 2.45) is 0 Å². The smallest absolute Gasteiger partial charge is 0.319 e. The average Bonchev–Trinajstić information content (AvgIpc) is 3.04. The molecule has 3 amide bonds. The maximum atomic E-state index is 12.3. The van der Waals surface area contributed by atoms with E-state index < -0.39 is 0 Å². The summed E-state index contributed by atoms with van der Waals surface area (Å²) in [6.07, 6.45) is 0.268. The van der Waals surface area contributed by atoms with Crippen molar-refractivity contribution in [1.82, 2.24) is 5.32 Å². The zero-order valence-corrected chi connectivity index (χ0v) is 16.1. The molecule has 2 N–H and O–H groups in total. The van der Waals surface area contributed by atoms with E-state index >= 15 is 0 Å². The molecule has 1 aliphatic rings. The summed E-state index contributed by atoms with van der Waals surface area (Å²) in [6.45, 7) is 5.46. The highest BCUT2D eigenvalue weighted by atomic mass is 16.5. The summed E-state index contributed by atoms with van der Waals surface area (Å²) in [7, 11) is 0. The van der Waals surface area contributed by atoms with Gasteiger partial charge in [-0.2, -0.15) is 0 Å². The Balaban J connectivity index is 1.53. The molecule has 2 aromatic rings.